The molecule has 4 aromatic heterocycles. The number of thiophene rings is 2. The summed E-state index contributed by atoms with van der Waals surface area (Å²) >= 11 is 3.32. The van der Waals surface area contributed by atoms with Crippen LogP contribution in [0.1, 0.15) is 43.6 Å². The topological polar surface area (TPSA) is 101 Å². The van der Waals surface area contributed by atoms with Crippen molar-refractivity contribution in [3.63, 3.8) is 0 Å². The first kappa shape index (κ1) is 22.1. The predicted octanol–water partition coefficient (Wildman–Crippen LogP) is 6.86. The van der Waals surface area contributed by atoms with Crippen LogP contribution in [0.25, 0.3) is 31.7 Å². The molecule has 7 nitrogen and oxygen atoms in total. The van der Waals surface area contributed by atoms with E-state index in [1.165, 1.54) is 5.56 Å². The van der Waals surface area contributed by atoms with Crippen LogP contribution >= 0.6 is 22.7 Å². The van der Waals surface area contributed by atoms with E-state index in [-0.39, 0.29) is 6.42 Å². The molecule has 0 bridgehead atoms. The Labute approximate surface area is 209 Å². The van der Waals surface area contributed by atoms with Crippen molar-refractivity contribution < 1.29 is 9.90 Å². The number of carbonyl (C=O) groups is 1. The lowest BCUT2D eigenvalue weighted by atomic mass is 9.78. The average Bonchev–Trinajstić information content (AvgIpc) is 3.53. The fourth-order valence-corrected chi connectivity index (χ4v) is 6.92. The molecule has 0 radical (unpaired) electrons. The Bertz CT molecular complexity index is 1500. The largest absolute Gasteiger partial charge is 0.481 e. The van der Waals surface area contributed by atoms with E-state index in [0.29, 0.717) is 11.8 Å². The van der Waals surface area contributed by atoms with Crippen LogP contribution in [-0.2, 0) is 4.79 Å². The lowest BCUT2D eigenvalue weighted by Crippen LogP contribution is -2.16. The molecule has 0 aliphatic heterocycles. The van der Waals surface area contributed by atoms with E-state index in [0.717, 1.165) is 68.9 Å². The van der Waals surface area contributed by atoms with Crippen molar-refractivity contribution >= 4 is 60.6 Å². The van der Waals surface area contributed by atoms with Gasteiger partial charge in [0.15, 0.2) is 5.82 Å². The highest BCUT2D eigenvalue weighted by Crippen LogP contribution is 2.42. The fraction of sp³-hybridized carbons (Fsp3) is 0.269. The number of rotatable bonds is 6. The van der Waals surface area contributed by atoms with Gasteiger partial charge in [0.25, 0.3) is 0 Å². The summed E-state index contributed by atoms with van der Waals surface area (Å²) in [4.78, 5) is 29.0. The number of anilines is 2. The molecule has 5 aromatic rings. The third-order valence-corrected chi connectivity index (χ3v) is 8.70. The van der Waals surface area contributed by atoms with Gasteiger partial charge in [-0.2, -0.15) is 0 Å². The highest BCUT2D eigenvalue weighted by Gasteiger charge is 2.26. The smallest absolute Gasteiger partial charge is 0.303 e. The van der Waals surface area contributed by atoms with E-state index in [4.69, 9.17) is 5.11 Å². The van der Waals surface area contributed by atoms with E-state index in [9.17, 15) is 4.79 Å². The molecule has 1 aromatic carbocycles. The van der Waals surface area contributed by atoms with Crippen LogP contribution in [0, 0.1) is 5.92 Å². The second kappa shape index (κ2) is 9.31. The summed E-state index contributed by atoms with van der Waals surface area (Å²) in [6.07, 6.45) is 7.48. The van der Waals surface area contributed by atoms with Gasteiger partial charge in [-0.25, -0.2) is 19.9 Å². The van der Waals surface area contributed by atoms with Gasteiger partial charge in [-0.15, -0.1) is 22.7 Å². The molecule has 1 fully saturated rings. The Hall–Kier alpha value is -3.43. The molecular formula is C26H23N5O2S2. The Balaban J connectivity index is 1.23. The third-order valence-electron chi connectivity index (χ3n) is 6.80. The summed E-state index contributed by atoms with van der Waals surface area (Å²) in [7, 11) is 0. The minimum atomic E-state index is -0.690. The predicted molar refractivity (Wildman–Crippen MR) is 141 cm³/mol. The lowest BCUT2D eigenvalue weighted by molar-refractivity contribution is -0.138. The molecule has 2 N–H and O–H groups in total. The van der Waals surface area contributed by atoms with Gasteiger partial charge in [-0.05, 0) is 72.0 Å². The van der Waals surface area contributed by atoms with Crippen molar-refractivity contribution in [2.75, 3.05) is 5.32 Å². The van der Waals surface area contributed by atoms with Gasteiger partial charge >= 0.3 is 5.97 Å². The zero-order valence-electron chi connectivity index (χ0n) is 18.8. The van der Waals surface area contributed by atoms with Gasteiger partial charge in [0.1, 0.15) is 12.7 Å². The van der Waals surface area contributed by atoms with E-state index in [1.54, 1.807) is 35.3 Å². The van der Waals surface area contributed by atoms with Crippen LogP contribution in [0.3, 0.4) is 0 Å². The molecule has 0 amide bonds. The van der Waals surface area contributed by atoms with E-state index >= 15 is 0 Å². The van der Waals surface area contributed by atoms with Crippen molar-refractivity contribution in [3.8, 4) is 11.3 Å². The molecule has 35 heavy (non-hydrogen) atoms. The van der Waals surface area contributed by atoms with Crippen LogP contribution in [0.5, 0.6) is 0 Å². The molecular weight excluding hydrogens is 478 g/mol. The number of aromatic nitrogens is 4. The third kappa shape index (κ3) is 4.37. The fourth-order valence-electron chi connectivity index (χ4n) is 5.01. The van der Waals surface area contributed by atoms with E-state index in [1.807, 2.05) is 23.6 Å². The summed E-state index contributed by atoms with van der Waals surface area (Å²) < 4.78 is 2.14. The zero-order valence-corrected chi connectivity index (χ0v) is 20.5. The van der Waals surface area contributed by atoms with Gasteiger partial charge in [0.05, 0.1) is 26.1 Å². The van der Waals surface area contributed by atoms with Crippen LogP contribution in [0.4, 0.5) is 11.5 Å². The average molecular weight is 502 g/mol. The molecule has 0 atom stereocenters. The van der Waals surface area contributed by atoms with Gasteiger partial charge < -0.3 is 10.4 Å². The highest BCUT2D eigenvalue weighted by molar-refractivity contribution is 7.18. The Kier molecular flexibility index (Phi) is 5.87. The van der Waals surface area contributed by atoms with Crippen LogP contribution < -0.4 is 5.32 Å². The maximum atomic E-state index is 11.1. The molecule has 1 saturated carbocycles. The molecule has 9 heteroatoms. The Morgan fingerprint density at radius 3 is 2.54 bits per heavy atom. The Morgan fingerprint density at radius 2 is 1.74 bits per heavy atom. The normalized spacial score (nSPS) is 18.2. The minimum Gasteiger partial charge on any atom is -0.481 e. The second-order valence-electron chi connectivity index (χ2n) is 8.97. The van der Waals surface area contributed by atoms with Crippen LogP contribution in [0.2, 0.25) is 0 Å². The first-order chi connectivity index (χ1) is 17.2. The highest BCUT2D eigenvalue weighted by atomic mass is 32.1. The number of carboxylic acids is 1. The number of carboxylic acid groups (broad SMARTS) is 1. The van der Waals surface area contributed by atoms with Crippen molar-refractivity contribution in [2.45, 2.75) is 38.0 Å². The van der Waals surface area contributed by atoms with E-state index in [2.05, 4.69) is 42.8 Å². The number of fused-ring (bicyclic) bond motifs is 2. The minimum absolute atomic E-state index is 0.281. The van der Waals surface area contributed by atoms with Gasteiger partial charge in [0.2, 0.25) is 0 Å². The quantitative estimate of drug-likeness (QED) is 0.262. The lowest BCUT2D eigenvalue weighted by Gasteiger charge is -2.27. The van der Waals surface area contributed by atoms with E-state index < -0.39 is 5.97 Å². The van der Waals surface area contributed by atoms with Gasteiger partial charge in [0, 0.05) is 17.7 Å². The zero-order chi connectivity index (χ0) is 23.8. The first-order valence-corrected chi connectivity index (χ1v) is 13.4. The number of aliphatic carboxylic acids is 1. The number of hydrogen-bond acceptors (Lipinski definition) is 8. The van der Waals surface area contributed by atoms with Crippen molar-refractivity contribution in [2.24, 2.45) is 5.92 Å². The Morgan fingerprint density at radius 1 is 0.943 bits per heavy atom. The summed E-state index contributed by atoms with van der Waals surface area (Å²) in [6.45, 7) is 0. The first-order valence-electron chi connectivity index (χ1n) is 11.7. The number of benzene rings is 1. The van der Waals surface area contributed by atoms with Crippen molar-refractivity contribution in [1.29, 1.82) is 0 Å². The van der Waals surface area contributed by atoms with Gasteiger partial charge in [-0.1, -0.05) is 12.1 Å². The van der Waals surface area contributed by atoms with Crippen LogP contribution in [0.15, 0.2) is 53.7 Å². The molecule has 176 valence electrons. The SMILES string of the molecule is O=C(O)CC1CCC(c2csc3c(-c4ccc(Nc5ncnc6ccsc56)cc4)ncnc23)CC1. The monoisotopic (exact) mass is 501 g/mol. The van der Waals surface area contributed by atoms with Gasteiger partial charge in [-0.3, -0.25) is 4.79 Å². The summed E-state index contributed by atoms with van der Waals surface area (Å²) in [6, 6.07) is 10.2. The number of nitrogens with one attached hydrogen (secondary N) is 1. The maximum Gasteiger partial charge on any atom is 0.303 e. The standard InChI is InChI=1S/C26H23N5O2S2/c32-21(33)11-15-1-3-16(4-2-15)19-12-35-25-22(28-14-29-23(19)25)17-5-7-18(8-6-17)31-26-24-20(9-10-34-24)27-13-30-26/h5-10,12-16H,1-4,11H2,(H,32,33)(H,27,30,31). The number of nitrogens with zero attached hydrogens (tertiary/aromatic N) is 4. The molecule has 6 rings (SSSR count). The summed E-state index contributed by atoms with van der Waals surface area (Å²) in [5.41, 5.74) is 6.20. The molecule has 0 saturated heterocycles. The molecule has 0 unspecified atom stereocenters. The molecule has 0 spiro atoms. The van der Waals surface area contributed by atoms with Crippen molar-refractivity contribution in [1.82, 2.24) is 19.9 Å². The summed E-state index contributed by atoms with van der Waals surface area (Å²) in [5, 5.41) is 16.7. The van der Waals surface area contributed by atoms with Crippen LogP contribution in [-0.4, -0.2) is 31.0 Å². The summed E-state index contributed by atoms with van der Waals surface area (Å²) in [5.74, 6) is 0.849. The molecule has 4 heterocycles. The molecule has 1 aliphatic rings. The maximum absolute atomic E-state index is 11.1. The number of hydrogen-bond donors (Lipinski definition) is 2. The second-order valence-corrected chi connectivity index (χ2v) is 10.8. The molecule has 1 aliphatic carbocycles. The van der Waals surface area contributed by atoms with Crippen molar-refractivity contribution in [3.05, 3.63) is 59.3 Å².